The minimum atomic E-state index is -1.01. The number of nitrogens with two attached hydrogens (primary N) is 1. The first-order valence-electron chi connectivity index (χ1n) is 6.82. The fraction of sp³-hybridized carbons (Fsp3) is 0.467. The summed E-state index contributed by atoms with van der Waals surface area (Å²) in [5.41, 5.74) is 6.85. The highest BCUT2D eigenvalue weighted by molar-refractivity contribution is 5.97. The number of nitrogens with one attached hydrogen (secondary N) is 1. The molecule has 0 bridgehead atoms. The maximum atomic E-state index is 12.3. The van der Waals surface area contributed by atoms with Crippen LogP contribution >= 0.6 is 0 Å². The van der Waals surface area contributed by atoms with Crippen molar-refractivity contribution >= 4 is 11.9 Å². The number of amides is 1. The summed E-state index contributed by atoms with van der Waals surface area (Å²) < 4.78 is 0. The summed E-state index contributed by atoms with van der Waals surface area (Å²) in [7, 11) is 0. The molecule has 1 rings (SSSR count). The summed E-state index contributed by atoms with van der Waals surface area (Å²) in [6, 6.07) is 6.24. The van der Waals surface area contributed by atoms with E-state index in [0.717, 1.165) is 5.56 Å². The Morgan fingerprint density at radius 1 is 1.35 bits per heavy atom. The van der Waals surface area contributed by atoms with E-state index in [-0.39, 0.29) is 11.8 Å². The van der Waals surface area contributed by atoms with E-state index in [1.165, 1.54) is 0 Å². The molecular formula is C15H22N2O3. The Bertz CT molecular complexity index is 474. The fourth-order valence-electron chi connectivity index (χ4n) is 2.02. The van der Waals surface area contributed by atoms with Crippen LogP contribution in [0.2, 0.25) is 0 Å². The predicted molar refractivity (Wildman–Crippen MR) is 77.5 cm³/mol. The lowest BCUT2D eigenvalue weighted by Crippen LogP contribution is -2.45. The summed E-state index contributed by atoms with van der Waals surface area (Å²) in [5, 5.41) is 11.8. The summed E-state index contributed by atoms with van der Waals surface area (Å²) >= 11 is 0. The van der Waals surface area contributed by atoms with Crippen LogP contribution in [0.5, 0.6) is 0 Å². The molecule has 0 heterocycles. The van der Waals surface area contributed by atoms with Crippen LogP contribution < -0.4 is 11.1 Å². The zero-order chi connectivity index (χ0) is 15.1. The molecule has 1 amide bonds. The van der Waals surface area contributed by atoms with E-state index in [9.17, 15) is 14.7 Å². The van der Waals surface area contributed by atoms with Gasteiger partial charge in [-0.25, -0.2) is 4.79 Å². The molecule has 20 heavy (non-hydrogen) atoms. The van der Waals surface area contributed by atoms with Crippen molar-refractivity contribution in [2.75, 3.05) is 6.54 Å². The van der Waals surface area contributed by atoms with Crippen LogP contribution in [0.1, 0.15) is 36.2 Å². The maximum Gasteiger partial charge on any atom is 0.326 e. The highest BCUT2D eigenvalue weighted by Crippen LogP contribution is 2.12. The SMILES string of the molecule is CCC(C)[C@H](NC(=O)c1ccccc1CCN)C(=O)O. The molecule has 2 atom stereocenters. The van der Waals surface area contributed by atoms with Crippen molar-refractivity contribution < 1.29 is 14.7 Å². The van der Waals surface area contributed by atoms with Gasteiger partial charge >= 0.3 is 5.97 Å². The van der Waals surface area contributed by atoms with Gasteiger partial charge in [-0.3, -0.25) is 4.79 Å². The Morgan fingerprint density at radius 3 is 2.55 bits per heavy atom. The summed E-state index contributed by atoms with van der Waals surface area (Å²) in [5.74, 6) is -1.50. The number of rotatable bonds is 7. The summed E-state index contributed by atoms with van der Waals surface area (Å²) in [4.78, 5) is 23.5. The zero-order valence-electron chi connectivity index (χ0n) is 11.9. The minimum absolute atomic E-state index is 0.127. The molecular weight excluding hydrogens is 256 g/mol. The molecule has 0 spiro atoms. The number of carboxylic acid groups (broad SMARTS) is 1. The third-order valence-electron chi connectivity index (χ3n) is 3.44. The van der Waals surface area contributed by atoms with Gasteiger partial charge < -0.3 is 16.2 Å². The van der Waals surface area contributed by atoms with E-state index in [2.05, 4.69) is 5.32 Å². The number of hydrogen-bond donors (Lipinski definition) is 3. The highest BCUT2D eigenvalue weighted by Gasteiger charge is 2.26. The standard InChI is InChI=1S/C15H22N2O3/c1-3-10(2)13(15(19)20)17-14(18)12-7-5-4-6-11(12)8-9-16/h4-7,10,13H,3,8-9,16H2,1-2H3,(H,17,18)(H,19,20)/t10?,13-/m0/s1. The Kier molecular flexibility index (Phi) is 6.18. The van der Waals surface area contributed by atoms with Crippen LogP contribution in [0, 0.1) is 5.92 Å². The molecule has 1 aromatic rings. The van der Waals surface area contributed by atoms with Crippen LogP contribution in [0.15, 0.2) is 24.3 Å². The van der Waals surface area contributed by atoms with Crippen LogP contribution in [-0.4, -0.2) is 29.6 Å². The molecule has 5 nitrogen and oxygen atoms in total. The van der Waals surface area contributed by atoms with Gasteiger partial charge in [-0.15, -0.1) is 0 Å². The smallest absolute Gasteiger partial charge is 0.326 e. The minimum Gasteiger partial charge on any atom is -0.480 e. The quantitative estimate of drug-likeness (QED) is 0.703. The third-order valence-corrected chi connectivity index (χ3v) is 3.44. The lowest BCUT2D eigenvalue weighted by Gasteiger charge is -2.20. The molecule has 0 aliphatic rings. The van der Waals surface area contributed by atoms with Gasteiger partial charge in [0.05, 0.1) is 0 Å². The molecule has 0 aliphatic carbocycles. The number of hydrogen-bond acceptors (Lipinski definition) is 3. The Hall–Kier alpha value is -1.88. The van der Waals surface area contributed by atoms with Crippen LogP contribution in [0.25, 0.3) is 0 Å². The van der Waals surface area contributed by atoms with Gasteiger partial charge in [-0.1, -0.05) is 38.5 Å². The van der Waals surface area contributed by atoms with Crippen molar-refractivity contribution in [2.24, 2.45) is 11.7 Å². The first-order chi connectivity index (χ1) is 9.51. The van der Waals surface area contributed by atoms with E-state index in [0.29, 0.717) is 24.9 Å². The molecule has 0 aliphatic heterocycles. The molecule has 4 N–H and O–H groups in total. The molecule has 0 aromatic heterocycles. The van der Waals surface area contributed by atoms with Gasteiger partial charge in [0.1, 0.15) is 6.04 Å². The van der Waals surface area contributed by atoms with Gasteiger partial charge in [-0.05, 0) is 30.5 Å². The van der Waals surface area contributed by atoms with Crippen molar-refractivity contribution in [1.82, 2.24) is 5.32 Å². The molecule has 0 saturated carbocycles. The van der Waals surface area contributed by atoms with Crippen LogP contribution in [0.4, 0.5) is 0 Å². The zero-order valence-corrected chi connectivity index (χ0v) is 11.9. The fourth-order valence-corrected chi connectivity index (χ4v) is 2.02. The predicted octanol–water partition coefficient (Wildman–Crippen LogP) is 1.42. The lowest BCUT2D eigenvalue weighted by molar-refractivity contribution is -0.140. The maximum absolute atomic E-state index is 12.3. The Balaban J connectivity index is 2.92. The molecule has 0 fully saturated rings. The largest absolute Gasteiger partial charge is 0.480 e. The monoisotopic (exact) mass is 278 g/mol. The first kappa shape index (κ1) is 16.2. The van der Waals surface area contributed by atoms with Crippen LogP contribution in [-0.2, 0) is 11.2 Å². The average molecular weight is 278 g/mol. The van der Waals surface area contributed by atoms with Crippen molar-refractivity contribution in [3.63, 3.8) is 0 Å². The van der Waals surface area contributed by atoms with Gasteiger partial charge in [-0.2, -0.15) is 0 Å². The first-order valence-corrected chi connectivity index (χ1v) is 6.82. The molecule has 110 valence electrons. The second-order valence-electron chi connectivity index (χ2n) is 4.87. The number of carboxylic acids is 1. The average Bonchev–Trinajstić information content (AvgIpc) is 2.44. The van der Waals surface area contributed by atoms with E-state index in [1.54, 1.807) is 12.1 Å². The van der Waals surface area contributed by atoms with Crippen molar-refractivity contribution in [3.05, 3.63) is 35.4 Å². The third kappa shape index (κ3) is 4.06. The summed E-state index contributed by atoms with van der Waals surface area (Å²) in [6.45, 7) is 4.15. The number of aliphatic carboxylic acids is 1. The van der Waals surface area contributed by atoms with E-state index in [1.807, 2.05) is 26.0 Å². The Labute approximate surface area is 119 Å². The molecule has 0 saturated heterocycles. The Morgan fingerprint density at radius 2 is 2.00 bits per heavy atom. The highest BCUT2D eigenvalue weighted by atomic mass is 16.4. The topological polar surface area (TPSA) is 92.4 Å². The second kappa shape index (κ2) is 7.65. The molecule has 0 radical (unpaired) electrons. The lowest BCUT2D eigenvalue weighted by atomic mass is 9.98. The van der Waals surface area contributed by atoms with E-state index in [4.69, 9.17) is 5.73 Å². The van der Waals surface area contributed by atoms with Crippen molar-refractivity contribution in [3.8, 4) is 0 Å². The second-order valence-corrected chi connectivity index (χ2v) is 4.87. The van der Waals surface area contributed by atoms with Crippen molar-refractivity contribution in [2.45, 2.75) is 32.7 Å². The number of carbonyl (C=O) groups excluding carboxylic acids is 1. The van der Waals surface area contributed by atoms with Crippen molar-refractivity contribution in [1.29, 1.82) is 0 Å². The van der Waals surface area contributed by atoms with Gasteiger partial charge in [0, 0.05) is 5.56 Å². The molecule has 1 unspecified atom stereocenters. The van der Waals surface area contributed by atoms with E-state index < -0.39 is 12.0 Å². The molecule has 5 heteroatoms. The van der Waals surface area contributed by atoms with Gasteiger partial charge in [0.25, 0.3) is 5.91 Å². The number of carbonyl (C=O) groups is 2. The van der Waals surface area contributed by atoms with Gasteiger partial charge in [0.2, 0.25) is 0 Å². The number of benzene rings is 1. The van der Waals surface area contributed by atoms with Crippen LogP contribution in [0.3, 0.4) is 0 Å². The summed E-state index contributed by atoms with van der Waals surface area (Å²) in [6.07, 6.45) is 1.27. The van der Waals surface area contributed by atoms with Gasteiger partial charge in [0.15, 0.2) is 0 Å². The molecule has 1 aromatic carbocycles. The van der Waals surface area contributed by atoms with E-state index >= 15 is 0 Å². The normalized spacial score (nSPS) is 13.6.